The summed E-state index contributed by atoms with van der Waals surface area (Å²) in [5.74, 6) is -2.85. The van der Waals surface area contributed by atoms with Gasteiger partial charge >= 0.3 is 5.97 Å². The van der Waals surface area contributed by atoms with Crippen molar-refractivity contribution < 1.29 is 35.4 Å². The monoisotopic (exact) mass is 524 g/mol. The Morgan fingerprint density at radius 3 is 1.57 bits per heavy atom. The molecule has 0 radical (unpaired) electrons. The predicted molar refractivity (Wildman–Crippen MR) is 149 cm³/mol. The van der Waals surface area contributed by atoms with E-state index in [-0.39, 0.29) is 29.6 Å². The third-order valence-corrected chi connectivity index (χ3v) is 7.41. The van der Waals surface area contributed by atoms with Gasteiger partial charge in [0.25, 0.3) is 0 Å². The zero-order valence-electron chi connectivity index (χ0n) is 24.1. The zero-order valence-corrected chi connectivity index (χ0v) is 24.1. The zero-order chi connectivity index (χ0) is 29.0. The molecule has 6 N–H and O–H groups in total. The van der Waals surface area contributed by atoms with Crippen molar-refractivity contribution in [1.29, 1.82) is 0 Å². The Kier molecular flexibility index (Phi) is 16.1. The van der Waals surface area contributed by atoms with Gasteiger partial charge in [-0.3, -0.25) is 4.79 Å². The summed E-state index contributed by atoms with van der Waals surface area (Å²) in [6, 6.07) is 0. The highest BCUT2D eigenvalue weighted by Crippen LogP contribution is 2.24. The smallest absolute Gasteiger partial charge is 0.309 e. The predicted octanol–water partition coefficient (Wildman–Crippen LogP) is 4.11. The number of hydrogen-bond acceptors (Lipinski definition) is 6. The van der Waals surface area contributed by atoms with Crippen LogP contribution in [0.5, 0.6) is 0 Å². The average Bonchev–Trinajstić information content (AvgIpc) is 2.86. The third kappa shape index (κ3) is 12.1. The summed E-state index contributed by atoms with van der Waals surface area (Å²) in [4.78, 5) is 10.9. The number of aliphatic carboxylic acids is 1. The lowest BCUT2D eigenvalue weighted by Gasteiger charge is -2.25. The lowest BCUT2D eigenvalue weighted by Crippen LogP contribution is -2.26. The summed E-state index contributed by atoms with van der Waals surface area (Å²) >= 11 is 0. The van der Waals surface area contributed by atoms with Crippen LogP contribution in [0.25, 0.3) is 0 Å². The number of carbonyl (C=O) groups is 1. The molecule has 37 heavy (non-hydrogen) atoms. The van der Waals surface area contributed by atoms with Crippen LogP contribution in [0.4, 0.5) is 0 Å². The van der Waals surface area contributed by atoms with Crippen LogP contribution in [-0.2, 0) is 4.79 Å². The average molecular weight is 525 g/mol. The summed E-state index contributed by atoms with van der Waals surface area (Å²) in [5, 5.41) is 61.2. The Balaban J connectivity index is 5.16. The van der Waals surface area contributed by atoms with Crippen molar-refractivity contribution in [2.75, 3.05) is 0 Å². The van der Waals surface area contributed by atoms with Gasteiger partial charge in [0.15, 0.2) is 0 Å². The van der Waals surface area contributed by atoms with Gasteiger partial charge in [-0.15, -0.1) is 0 Å². The fraction of sp³-hybridized carbons (Fsp3) is 0.700. The number of rotatable bonds is 16. The highest BCUT2D eigenvalue weighted by molar-refractivity contribution is 5.70. The first-order valence-electron chi connectivity index (χ1n) is 13.4. The second-order valence-corrected chi connectivity index (χ2v) is 10.9. The summed E-state index contributed by atoms with van der Waals surface area (Å²) < 4.78 is 0. The topological polar surface area (TPSA) is 138 Å². The van der Waals surface area contributed by atoms with Crippen LogP contribution in [0.3, 0.4) is 0 Å². The van der Waals surface area contributed by atoms with Crippen molar-refractivity contribution in [2.24, 2.45) is 35.5 Å². The lowest BCUT2D eigenvalue weighted by atomic mass is 9.87. The lowest BCUT2D eigenvalue weighted by molar-refractivity contribution is -0.143. The minimum atomic E-state index is -1.14. The molecule has 0 amide bonds. The standard InChI is InChI=1S/C30H52O7/c1-10-17(2)27(33)20(5)15-22(7)29(35)23(8)16-21(6)28(34)19(4)12-13-25(31)18(3)11-14-26(32)24(9)30(36)37/h11-20,23-29,31-35H,10H2,1-9H3,(H,36,37)/b13-12+,14-11+,21-16+,22-15+/t17-,18-,19-,20-,23-,24+,25-,26-,27-,28+,29-/m0/s1. The maximum atomic E-state index is 10.9. The Morgan fingerprint density at radius 1 is 0.649 bits per heavy atom. The van der Waals surface area contributed by atoms with Crippen LogP contribution in [0, 0.1) is 35.5 Å². The molecule has 0 bridgehead atoms. The molecule has 7 heteroatoms. The van der Waals surface area contributed by atoms with E-state index in [1.54, 1.807) is 32.1 Å². The maximum Gasteiger partial charge on any atom is 0.309 e. The first kappa shape index (κ1) is 35.2. The number of hydrogen-bond donors (Lipinski definition) is 6. The Bertz CT molecular complexity index is 800. The largest absolute Gasteiger partial charge is 0.481 e. The summed E-state index contributed by atoms with van der Waals surface area (Å²) in [6.45, 7) is 16.5. The molecule has 0 fully saturated rings. The van der Waals surface area contributed by atoms with Crippen molar-refractivity contribution in [3.05, 3.63) is 47.6 Å². The molecule has 0 unspecified atom stereocenters. The number of aliphatic hydroxyl groups excluding tert-OH is 5. The molecule has 0 heterocycles. The van der Waals surface area contributed by atoms with E-state index in [0.29, 0.717) is 5.57 Å². The summed E-state index contributed by atoms with van der Waals surface area (Å²) in [7, 11) is 0. The maximum absolute atomic E-state index is 10.9. The SMILES string of the molecule is CC[C@H](C)[C@H](O)[C@@H](C)/C=C(\C)[C@H](O)[C@@H](C)/C=C(\C)[C@H](O)[C@@H](C)/C=C/[C@H](O)[C@@H](C)/C=C/[C@H](O)[C@@H](C)C(=O)O. The van der Waals surface area contributed by atoms with E-state index >= 15 is 0 Å². The van der Waals surface area contributed by atoms with Gasteiger partial charge in [-0.25, -0.2) is 0 Å². The van der Waals surface area contributed by atoms with Crippen LogP contribution in [-0.4, -0.2) is 67.1 Å². The van der Waals surface area contributed by atoms with Crippen molar-refractivity contribution in [2.45, 2.75) is 99.3 Å². The molecule has 214 valence electrons. The van der Waals surface area contributed by atoms with Crippen molar-refractivity contribution in [1.82, 2.24) is 0 Å². The molecule has 0 aliphatic heterocycles. The molecule has 11 atom stereocenters. The molecule has 0 aliphatic rings. The highest BCUT2D eigenvalue weighted by atomic mass is 16.4. The van der Waals surface area contributed by atoms with Crippen LogP contribution < -0.4 is 0 Å². The molecule has 0 rings (SSSR count). The van der Waals surface area contributed by atoms with E-state index in [1.807, 2.05) is 53.7 Å². The van der Waals surface area contributed by atoms with Crippen molar-refractivity contribution >= 4 is 5.97 Å². The molecule has 0 aromatic rings. The number of carboxylic acids is 1. The van der Waals surface area contributed by atoms with Gasteiger partial charge in [-0.2, -0.15) is 0 Å². The summed E-state index contributed by atoms with van der Waals surface area (Å²) in [5.41, 5.74) is 1.49. The van der Waals surface area contributed by atoms with Crippen LogP contribution in [0.2, 0.25) is 0 Å². The van der Waals surface area contributed by atoms with E-state index in [0.717, 1.165) is 12.0 Å². The van der Waals surface area contributed by atoms with E-state index in [4.69, 9.17) is 5.11 Å². The molecule has 0 spiro atoms. The second kappa shape index (κ2) is 16.9. The van der Waals surface area contributed by atoms with E-state index in [2.05, 4.69) is 0 Å². The first-order chi connectivity index (χ1) is 17.0. The molecular weight excluding hydrogens is 472 g/mol. The van der Waals surface area contributed by atoms with Gasteiger partial charge in [0.05, 0.1) is 36.4 Å². The van der Waals surface area contributed by atoms with Crippen molar-refractivity contribution in [3.63, 3.8) is 0 Å². The summed E-state index contributed by atoms with van der Waals surface area (Å²) in [6.07, 6.45) is 6.86. The number of aliphatic hydroxyl groups is 5. The number of carboxylic acid groups (broad SMARTS) is 1. The quantitative estimate of drug-likeness (QED) is 0.167. The highest BCUT2D eigenvalue weighted by Gasteiger charge is 2.23. The van der Waals surface area contributed by atoms with Gasteiger partial charge in [0.2, 0.25) is 0 Å². The minimum Gasteiger partial charge on any atom is -0.481 e. The molecule has 0 aliphatic carbocycles. The van der Waals surface area contributed by atoms with E-state index in [1.165, 1.54) is 13.0 Å². The Hall–Kier alpha value is -1.77. The Morgan fingerprint density at radius 2 is 1.08 bits per heavy atom. The van der Waals surface area contributed by atoms with E-state index in [9.17, 15) is 30.3 Å². The molecule has 0 aromatic carbocycles. The van der Waals surface area contributed by atoms with Crippen LogP contribution in [0.15, 0.2) is 47.6 Å². The third-order valence-electron chi connectivity index (χ3n) is 7.41. The Labute approximate surface area is 223 Å². The first-order valence-corrected chi connectivity index (χ1v) is 13.4. The fourth-order valence-corrected chi connectivity index (χ4v) is 4.09. The van der Waals surface area contributed by atoms with Gasteiger partial charge < -0.3 is 30.6 Å². The van der Waals surface area contributed by atoms with Gasteiger partial charge in [-0.1, -0.05) is 84.4 Å². The molecular formula is C30H52O7. The normalized spacial score (nSPS) is 22.6. The molecule has 7 nitrogen and oxygen atoms in total. The molecule has 0 saturated heterocycles. The molecule has 0 aromatic heterocycles. The van der Waals surface area contributed by atoms with E-state index < -0.39 is 42.4 Å². The van der Waals surface area contributed by atoms with Gasteiger partial charge in [0, 0.05) is 23.7 Å². The fourth-order valence-electron chi connectivity index (χ4n) is 4.09. The van der Waals surface area contributed by atoms with Gasteiger partial charge in [0.1, 0.15) is 0 Å². The van der Waals surface area contributed by atoms with Crippen LogP contribution in [0.1, 0.15) is 68.7 Å². The molecule has 0 saturated carbocycles. The van der Waals surface area contributed by atoms with Gasteiger partial charge in [-0.05, 0) is 37.8 Å². The minimum absolute atomic E-state index is 0.0786. The van der Waals surface area contributed by atoms with Crippen molar-refractivity contribution in [3.8, 4) is 0 Å². The second-order valence-electron chi connectivity index (χ2n) is 10.9. The van der Waals surface area contributed by atoms with Crippen LogP contribution >= 0.6 is 0 Å².